The number of amides is 3. The maximum absolute atomic E-state index is 12.1. The Morgan fingerprint density at radius 2 is 2.19 bits per heavy atom. The first kappa shape index (κ1) is 15.7. The van der Waals surface area contributed by atoms with Crippen molar-refractivity contribution in [3.63, 3.8) is 0 Å². The second-order valence-electron chi connectivity index (χ2n) is 5.55. The van der Waals surface area contributed by atoms with E-state index in [-0.39, 0.29) is 25.0 Å². The molecule has 0 aromatic heterocycles. The second-order valence-corrected chi connectivity index (χ2v) is 5.55. The van der Waals surface area contributed by atoms with Gasteiger partial charge in [-0.1, -0.05) is 0 Å². The number of likely N-dealkylation sites (tertiary alicyclic amines) is 1. The molecule has 0 aliphatic carbocycles. The summed E-state index contributed by atoms with van der Waals surface area (Å²) < 4.78 is 0. The van der Waals surface area contributed by atoms with Crippen molar-refractivity contribution in [3.8, 4) is 0 Å². The van der Waals surface area contributed by atoms with Crippen molar-refractivity contribution in [2.75, 3.05) is 45.8 Å². The highest BCUT2D eigenvalue weighted by atomic mass is 16.4. The van der Waals surface area contributed by atoms with E-state index >= 15 is 0 Å². The molecule has 2 fully saturated rings. The Balaban J connectivity index is 1.74. The minimum absolute atomic E-state index is 0.0383. The van der Waals surface area contributed by atoms with Crippen LogP contribution in [0.1, 0.15) is 12.8 Å². The second kappa shape index (κ2) is 7.37. The molecular formula is C13H22N4O4. The number of rotatable bonds is 6. The summed E-state index contributed by atoms with van der Waals surface area (Å²) in [4.78, 5) is 37.3. The third-order valence-electron chi connectivity index (χ3n) is 3.83. The summed E-state index contributed by atoms with van der Waals surface area (Å²) in [5.41, 5.74) is 0. The maximum atomic E-state index is 12.1. The van der Waals surface area contributed by atoms with Crippen molar-refractivity contribution < 1.29 is 19.5 Å². The third kappa shape index (κ3) is 4.68. The molecule has 3 N–H and O–H groups in total. The van der Waals surface area contributed by atoms with Crippen molar-refractivity contribution in [1.29, 1.82) is 0 Å². The number of urea groups is 1. The van der Waals surface area contributed by atoms with Crippen LogP contribution in [0.4, 0.5) is 4.79 Å². The number of carbonyl (C=O) groups excluding carboxylic acids is 2. The lowest BCUT2D eigenvalue weighted by molar-refractivity contribution is -0.136. The van der Waals surface area contributed by atoms with Gasteiger partial charge in [0.15, 0.2) is 0 Å². The number of piperidine rings is 1. The van der Waals surface area contributed by atoms with E-state index in [1.807, 2.05) is 4.90 Å². The van der Waals surface area contributed by atoms with Gasteiger partial charge in [-0.3, -0.25) is 19.4 Å². The monoisotopic (exact) mass is 298 g/mol. The Bertz CT molecular complexity index is 415. The molecule has 2 saturated heterocycles. The zero-order valence-electron chi connectivity index (χ0n) is 12.0. The van der Waals surface area contributed by atoms with Crippen LogP contribution < -0.4 is 10.6 Å². The normalized spacial score (nSPS) is 23.1. The minimum atomic E-state index is -0.863. The van der Waals surface area contributed by atoms with Gasteiger partial charge in [-0.05, 0) is 31.8 Å². The molecule has 1 atom stereocenters. The number of aliphatic carboxylic acids is 1. The fraction of sp³-hybridized carbons (Fsp3) is 0.769. The summed E-state index contributed by atoms with van der Waals surface area (Å²) in [7, 11) is 0. The fourth-order valence-electron chi connectivity index (χ4n) is 2.83. The van der Waals surface area contributed by atoms with Crippen molar-refractivity contribution >= 4 is 17.9 Å². The van der Waals surface area contributed by atoms with Crippen LogP contribution in [0.2, 0.25) is 0 Å². The zero-order valence-corrected chi connectivity index (χ0v) is 12.0. The Hall–Kier alpha value is -1.67. The van der Waals surface area contributed by atoms with Crippen LogP contribution in [0.3, 0.4) is 0 Å². The predicted molar refractivity (Wildman–Crippen MR) is 74.8 cm³/mol. The molecule has 2 rings (SSSR count). The lowest BCUT2D eigenvalue weighted by Crippen LogP contribution is -2.46. The highest BCUT2D eigenvalue weighted by Crippen LogP contribution is 2.16. The van der Waals surface area contributed by atoms with Crippen molar-refractivity contribution in [3.05, 3.63) is 0 Å². The average Bonchev–Trinajstić information content (AvgIpc) is 2.85. The van der Waals surface area contributed by atoms with Crippen LogP contribution in [0.25, 0.3) is 0 Å². The Morgan fingerprint density at radius 3 is 2.86 bits per heavy atom. The largest absolute Gasteiger partial charge is 0.480 e. The molecule has 118 valence electrons. The first-order chi connectivity index (χ1) is 10.1. The molecule has 2 aliphatic heterocycles. The SMILES string of the molecule is O=C(O)CNCC1CCCN(CC(=O)N2CCNC2=O)C1. The van der Waals surface area contributed by atoms with Crippen LogP contribution in [0, 0.1) is 5.92 Å². The van der Waals surface area contributed by atoms with Gasteiger partial charge in [-0.2, -0.15) is 0 Å². The molecule has 8 nitrogen and oxygen atoms in total. The minimum Gasteiger partial charge on any atom is -0.480 e. The maximum Gasteiger partial charge on any atom is 0.324 e. The van der Waals surface area contributed by atoms with Crippen LogP contribution >= 0.6 is 0 Å². The number of carbonyl (C=O) groups is 3. The first-order valence-corrected chi connectivity index (χ1v) is 7.29. The van der Waals surface area contributed by atoms with Crippen LogP contribution in [0.5, 0.6) is 0 Å². The summed E-state index contributed by atoms with van der Waals surface area (Å²) in [6.07, 6.45) is 2.01. The van der Waals surface area contributed by atoms with Gasteiger partial charge >= 0.3 is 12.0 Å². The molecule has 2 aliphatic rings. The number of hydrogen-bond acceptors (Lipinski definition) is 5. The number of imide groups is 1. The molecule has 0 bridgehead atoms. The molecule has 2 heterocycles. The molecule has 8 heteroatoms. The smallest absolute Gasteiger partial charge is 0.324 e. The molecule has 1 unspecified atom stereocenters. The van der Waals surface area contributed by atoms with E-state index in [0.717, 1.165) is 25.9 Å². The molecular weight excluding hydrogens is 276 g/mol. The average molecular weight is 298 g/mol. The van der Waals surface area contributed by atoms with Gasteiger partial charge in [0.1, 0.15) is 0 Å². The number of nitrogens with zero attached hydrogens (tertiary/aromatic N) is 2. The van der Waals surface area contributed by atoms with Crippen LogP contribution in [-0.2, 0) is 9.59 Å². The quantitative estimate of drug-likeness (QED) is 0.577. The molecule has 21 heavy (non-hydrogen) atoms. The van der Waals surface area contributed by atoms with E-state index in [0.29, 0.717) is 25.6 Å². The number of hydrogen-bond donors (Lipinski definition) is 3. The molecule has 3 amide bonds. The van der Waals surface area contributed by atoms with Gasteiger partial charge in [-0.25, -0.2) is 4.79 Å². The van der Waals surface area contributed by atoms with E-state index < -0.39 is 5.97 Å². The predicted octanol–water partition coefficient (Wildman–Crippen LogP) is -1.08. The molecule has 0 saturated carbocycles. The van der Waals surface area contributed by atoms with Crippen LogP contribution in [0.15, 0.2) is 0 Å². The van der Waals surface area contributed by atoms with Gasteiger partial charge in [-0.15, -0.1) is 0 Å². The van der Waals surface area contributed by atoms with E-state index in [1.165, 1.54) is 4.90 Å². The highest BCUT2D eigenvalue weighted by Gasteiger charge is 2.29. The first-order valence-electron chi connectivity index (χ1n) is 7.29. The van der Waals surface area contributed by atoms with Crippen molar-refractivity contribution in [1.82, 2.24) is 20.4 Å². The topological polar surface area (TPSA) is 102 Å². The van der Waals surface area contributed by atoms with Crippen LogP contribution in [-0.4, -0.2) is 78.6 Å². The zero-order chi connectivity index (χ0) is 15.2. The summed E-state index contributed by atoms with van der Waals surface area (Å²) >= 11 is 0. The lowest BCUT2D eigenvalue weighted by Gasteiger charge is -2.32. The van der Waals surface area contributed by atoms with E-state index in [2.05, 4.69) is 10.6 Å². The molecule has 0 aromatic carbocycles. The fourth-order valence-corrected chi connectivity index (χ4v) is 2.83. The number of carboxylic acids is 1. The van der Waals surface area contributed by atoms with Gasteiger partial charge in [0.2, 0.25) is 5.91 Å². The van der Waals surface area contributed by atoms with Gasteiger partial charge in [0, 0.05) is 19.6 Å². The molecule has 0 aromatic rings. The third-order valence-corrected chi connectivity index (χ3v) is 3.83. The van der Waals surface area contributed by atoms with Crippen molar-refractivity contribution in [2.24, 2.45) is 5.92 Å². The van der Waals surface area contributed by atoms with E-state index in [4.69, 9.17) is 5.11 Å². The number of nitrogens with one attached hydrogen (secondary N) is 2. The van der Waals surface area contributed by atoms with Gasteiger partial charge < -0.3 is 15.7 Å². The molecule has 0 radical (unpaired) electrons. The summed E-state index contributed by atoms with van der Waals surface area (Å²) in [6, 6.07) is -0.309. The Morgan fingerprint density at radius 1 is 1.38 bits per heavy atom. The van der Waals surface area contributed by atoms with Gasteiger partial charge in [0.25, 0.3) is 0 Å². The molecule has 0 spiro atoms. The lowest BCUT2D eigenvalue weighted by atomic mass is 9.98. The van der Waals surface area contributed by atoms with E-state index in [1.54, 1.807) is 0 Å². The van der Waals surface area contributed by atoms with Crippen molar-refractivity contribution in [2.45, 2.75) is 12.8 Å². The Kier molecular flexibility index (Phi) is 5.51. The highest BCUT2D eigenvalue weighted by molar-refractivity contribution is 5.96. The van der Waals surface area contributed by atoms with E-state index in [9.17, 15) is 14.4 Å². The summed E-state index contributed by atoms with van der Waals surface area (Å²) in [6.45, 7) is 3.42. The summed E-state index contributed by atoms with van der Waals surface area (Å²) in [5.74, 6) is -0.680. The standard InChI is InChI=1S/C13H22N4O4/c18-11(17-5-3-15-13(17)21)9-16-4-1-2-10(8-16)6-14-7-12(19)20/h10,14H,1-9H2,(H,15,21)(H,19,20). The summed E-state index contributed by atoms with van der Waals surface area (Å²) in [5, 5.41) is 14.1. The van der Waals surface area contributed by atoms with Gasteiger partial charge in [0.05, 0.1) is 13.1 Å². The Labute approximate surface area is 123 Å². The number of carboxylic acid groups (broad SMARTS) is 1.